The van der Waals surface area contributed by atoms with Crippen molar-refractivity contribution in [1.29, 1.82) is 0 Å². The number of amides is 1. The predicted molar refractivity (Wildman–Crippen MR) is 87.9 cm³/mol. The van der Waals surface area contributed by atoms with Crippen LogP contribution in [0.15, 0.2) is 40.9 Å². The van der Waals surface area contributed by atoms with Gasteiger partial charge in [0, 0.05) is 23.1 Å². The van der Waals surface area contributed by atoms with Crippen LogP contribution in [0.2, 0.25) is 0 Å². The van der Waals surface area contributed by atoms with Crippen LogP contribution in [0, 0.1) is 5.92 Å². The van der Waals surface area contributed by atoms with Crippen LogP contribution >= 0.6 is 15.9 Å². The number of hydrogen-bond donors (Lipinski definition) is 1. The Morgan fingerprint density at radius 2 is 2.00 bits per heavy atom. The third-order valence-corrected chi connectivity index (χ3v) is 4.57. The first-order valence-electron chi connectivity index (χ1n) is 7.26. The van der Waals surface area contributed by atoms with Gasteiger partial charge in [-0.2, -0.15) is 0 Å². The molecule has 0 aliphatic carbocycles. The van der Waals surface area contributed by atoms with Crippen LogP contribution < -0.4 is 0 Å². The van der Waals surface area contributed by atoms with Gasteiger partial charge in [0.25, 0.3) is 5.91 Å². The average Bonchev–Trinajstić information content (AvgIpc) is 2.53. The number of carboxylic acid groups (broad SMARTS) is 1. The largest absolute Gasteiger partial charge is 0.481 e. The van der Waals surface area contributed by atoms with Crippen molar-refractivity contribution < 1.29 is 14.7 Å². The van der Waals surface area contributed by atoms with E-state index >= 15 is 0 Å². The van der Waals surface area contributed by atoms with Gasteiger partial charge in [-0.3, -0.25) is 9.59 Å². The SMILES string of the molecule is O=C(O)[C@H]1CCCN(C(=O)c2cc(Br)cc3ccccc23)C1. The summed E-state index contributed by atoms with van der Waals surface area (Å²) < 4.78 is 0.848. The fourth-order valence-electron chi connectivity index (χ4n) is 2.98. The van der Waals surface area contributed by atoms with Crippen molar-refractivity contribution in [1.82, 2.24) is 4.90 Å². The Hall–Kier alpha value is -1.88. The fraction of sp³-hybridized carbons (Fsp3) is 0.294. The molecule has 1 heterocycles. The topological polar surface area (TPSA) is 57.6 Å². The monoisotopic (exact) mass is 361 g/mol. The summed E-state index contributed by atoms with van der Waals surface area (Å²) in [6.45, 7) is 0.901. The Kier molecular flexibility index (Phi) is 4.16. The summed E-state index contributed by atoms with van der Waals surface area (Å²) in [7, 11) is 0. The molecule has 2 aromatic carbocycles. The van der Waals surface area contributed by atoms with Crippen LogP contribution in [-0.2, 0) is 4.79 Å². The van der Waals surface area contributed by atoms with Crippen molar-refractivity contribution in [2.45, 2.75) is 12.8 Å². The van der Waals surface area contributed by atoms with Crippen LogP contribution in [0.25, 0.3) is 10.8 Å². The molecule has 1 aliphatic heterocycles. The normalized spacial score (nSPS) is 18.4. The third kappa shape index (κ3) is 2.86. The highest BCUT2D eigenvalue weighted by Gasteiger charge is 2.29. The molecule has 22 heavy (non-hydrogen) atoms. The molecule has 0 radical (unpaired) electrons. The highest BCUT2D eigenvalue weighted by atomic mass is 79.9. The Morgan fingerprint density at radius 3 is 2.77 bits per heavy atom. The number of rotatable bonds is 2. The lowest BCUT2D eigenvalue weighted by atomic mass is 9.96. The number of fused-ring (bicyclic) bond motifs is 1. The van der Waals surface area contributed by atoms with Crippen molar-refractivity contribution in [3.63, 3.8) is 0 Å². The molecule has 3 rings (SSSR count). The van der Waals surface area contributed by atoms with E-state index < -0.39 is 11.9 Å². The molecular formula is C17H16BrNO3. The van der Waals surface area contributed by atoms with Gasteiger partial charge < -0.3 is 10.0 Å². The van der Waals surface area contributed by atoms with E-state index in [1.165, 1.54) is 0 Å². The quantitative estimate of drug-likeness (QED) is 0.889. The molecule has 1 saturated heterocycles. The van der Waals surface area contributed by atoms with Crippen LogP contribution in [0.4, 0.5) is 0 Å². The number of aliphatic carboxylic acids is 1. The first kappa shape index (κ1) is 15.0. The number of hydrogen-bond acceptors (Lipinski definition) is 2. The van der Waals surface area contributed by atoms with E-state index in [-0.39, 0.29) is 12.5 Å². The average molecular weight is 362 g/mol. The van der Waals surface area contributed by atoms with Gasteiger partial charge in [0.05, 0.1) is 5.92 Å². The lowest BCUT2D eigenvalue weighted by Crippen LogP contribution is -2.42. The van der Waals surface area contributed by atoms with Gasteiger partial charge in [-0.25, -0.2) is 0 Å². The van der Waals surface area contributed by atoms with Crippen LogP contribution in [0.3, 0.4) is 0 Å². The number of carboxylic acids is 1. The summed E-state index contributed by atoms with van der Waals surface area (Å²) in [6, 6.07) is 11.5. The van der Waals surface area contributed by atoms with Crippen molar-refractivity contribution in [2.75, 3.05) is 13.1 Å². The molecule has 114 valence electrons. The molecule has 5 heteroatoms. The lowest BCUT2D eigenvalue weighted by molar-refractivity contribution is -0.143. The van der Waals surface area contributed by atoms with E-state index in [1.807, 2.05) is 36.4 Å². The minimum absolute atomic E-state index is 0.0940. The maximum absolute atomic E-state index is 12.8. The van der Waals surface area contributed by atoms with Gasteiger partial charge in [-0.05, 0) is 35.7 Å². The Labute approximate surface area is 136 Å². The number of nitrogens with zero attached hydrogens (tertiary/aromatic N) is 1. The van der Waals surface area contributed by atoms with Gasteiger partial charge >= 0.3 is 5.97 Å². The molecule has 1 atom stereocenters. The minimum Gasteiger partial charge on any atom is -0.481 e. The zero-order valence-corrected chi connectivity index (χ0v) is 13.5. The number of benzene rings is 2. The molecule has 0 saturated carbocycles. The van der Waals surface area contributed by atoms with E-state index in [9.17, 15) is 14.7 Å². The lowest BCUT2D eigenvalue weighted by Gasteiger charge is -2.31. The highest BCUT2D eigenvalue weighted by Crippen LogP contribution is 2.27. The first-order chi connectivity index (χ1) is 10.6. The molecule has 1 amide bonds. The smallest absolute Gasteiger partial charge is 0.308 e. The van der Waals surface area contributed by atoms with Crippen LogP contribution in [0.5, 0.6) is 0 Å². The van der Waals surface area contributed by atoms with E-state index in [0.717, 1.165) is 21.7 Å². The predicted octanol–water partition coefficient (Wildman–Crippen LogP) is 3.54. The number of halogens is 1. The molecule has 1 N–H and O–H groups in total. The molecule has 0 unspecified atom stereocenters. The van der Waals surface area contributed by atoms with Gasteiger partial charge in [0.15, 0.2) is 0 Å². The van der Waals surface area contributed by atoms with Crippen LogP contribution in [0.1, 0.15) is 23.2 Å². The Bertz CT molecular complexity index is 744. The summed E-state index contributed by atoms with van der Waals surface area (Å²) in [4.78, 5) is 25.7. The molecule has 1 fully saturated rings. The number of carbonyl (C=O) groups is 2. The van der Waals surface area contributed by atoms with Crippen molar-refractivity contribution in [3.8, 4) is 0 Å². The summed E-state index contributed by atoms with van der Waals surface area (Å²) in [6.07, 6.45) is 1.37. The number of piperidine rings is 1. The second-order valence-corrected chi connectivity index (χ2v) is 6.52. The van der Waals surface area contributed by atoms with Gasteiger partial charge in [0.1, 0.15) is 0 Å². The van der Waals surface area contributed by atoms with Gasteiger partial charge in [-0.1, -0.05) is 40.2 Å². The van der Waals surface area contributed by atoms with Crippen molar-refractivity contribution >= 4 is 38.6 Å². The summed E-state index contributed by atoms with van der Waals surface area (Å²) in [5.41, 5.74) is 0.621. The third-order valence-electron chi connectivity index (χ3n) is 4.11. The zero-order chi connectivity index (χ0) is 15.7. The standard InChI is InChI=1S/C17H16BrNO3/c18-13-8-11-4-1-2-6-14(11)15(9-13)16(20)19-7-3-5-12(10-19)17(21)22/h1-2,4,6,8-9,12H,3,5,7,10H2,(H,21,22)/t12-/m0/s1. The molecule has 0 spiro atoms. The van der Waals surface area contributed by atoms with E-state index in [4.69, 9.17) is 0 Å². The summed E-state index contributed by atoms with van der Waals surface area (Å²) >= 11 is 3.45. The maximum Gasteiger partial charge on any atom is 0.308 e. The van der Waals surface area contributed by atoms with Crippen LogP contribution in [-0.4, -0.2) is 35.0 Å². The zero-order valence-electron chi connectivity index (χ0n) is 12.0. The highest BCUT2D eigenvalue weighted by molar-refractivity contribution is 9.10. The Balaban J connectivity index is 1.97. The first-order valence-corrected chi connectivity index (χ1v) is 8.06. The van der Waals surface area contributed by atoms with Gasteiger partial charge in [-0.15, -0.1) is 0 Å². The molecule has 1 aliphatic rings. The summed E-state index contributed by atoms with van der Waals surface area (Å²) in [5, 5.41) is 11.1. The van der Waals surface area contributed by atoms with E-state index in [0.29, 0.717) is 18.5 Å². The molecule has 4 nitrogen and oxygen atoms in total. The molecule has 0 aromatic heterocycles. The fourth-order valence-corrected chi connectivity index (χ4v) is 3.46. The van der Waals surface area contributed by atoms with E-state index in [1.54, 1.807) is 4.90 Å². The second-order valence-electron chi connectivity index (χ2n) is 5.60. The summed E-state index contributed by atoms with van der Waals surface area (Å²) in [5.74, 6) is -1.38. The number of likely N-dealkylation sites (tertiary alicyclic amines) is 1. The molecule has 2 aromatic rings. The Morgan fingerprint density at radius 1 is 1.23 bits per heavy atom. The minimum atomic E-state index is -0.823. The molecular weight excluding hydrogens is 346 g/mol. The molecule has 0 bridgehead atoms. The van der Waals surface area contributed by atoms with Crippen molar-refractivity contribution in [3.05, 3.63) is 46.4 Å². The van der Waals surface area contributed by atoms with Crippen molar-refractivity contribution in [2.24, 2.45) is 5.92 Å². The van der Waals surface area contributed by atoms with E-state index in [2.05, 4.69) is 15.9 Å². The maximum atomic E-state index is 12.8. The second kappa shape index (κ2) is 6.08. The van der Waals surface area contributed by atoms with Gasteiger partial charge in [0.2, 0.25) is 0 Å². The number of carbonyl (C=O) groups excluding carboxylic acids is 1.